The summed E-state index contributed by atoms with van der Waals surface area (Å²) in [7, 11) is 3.50. The maximum atomic E-state index is 12.1. The second-order valence-corrected chi connectivity index (χ2v) is 9.50. The van der Waals surface area contributed by atoms with Gasteiger partial charge in [0.15, 0.2) is 0 Å². The van der Waals surface area contributed by atoms with E-state index in [4.69, 9.17) is 0 Å². The Morgan fingerprint density at radius 1 is 1.07 bits per heavy atom. The van der Waals surface area contributed by atoms with E-state index in [2.05, 4.69) is 39.0 Å². The fourth-order valence-corrected chi connectivity index (χ4v) is 4.16. The molecule has 5 heteroatoms. The van der Waals surface area contributed by atoms with Crippen LogP contribution in [0.1, 0.15) is 59.3 Å². The number of rotatable bonds is 3. The van der Waals surface area contributed by atoms with E-state index in [0.717, 1.165) is 18.4 Å². The van der Waals surface area contributed by atoms with Crippen LogP contribution in [-0.2, 0) is 12.8 Å². The average Bonchev–Trinajstić information content (AvgIpc) is 2.87. The van der Waals surface area contributed by atoms with E-state index >= 15 is 0 Å². The number of carboxylic acid groups (broad SMARTS) is 1. The first kappa shape index (κ1) is 21.9. The summed E-state index contributed by atoms with van der Waals surface area (Å²) < 4.78 is 0. The van der Waals surface area contributed by atoms with Gasteiger partial charge in [-0.15, -0.1) is 0 Å². The molecule has 160 valence electrons. The molecule has 0 saturated carbocycles. The second-order valence-electron chi connectivity index (χ2n) is 9.50. The SMILES string of the molecule is CN(C)C(=O)c1ccc(Cc2ccc3c(c2)CCN(C(=O)O)CC3C(C)(C)C)cc1. The number of carbonyl (C=O) groups is 2. The molecule has 0 spiro atoms. The van der Waals surface area contributed by atoms with Crippen LogP contribution in [0.2, 0.25) is 0 Å². The van der Waals surface area contributed by atoms with Crippen molar-refractivity contribution in [1.29, 1.82) is 0 Å². The molecule has 1 aliphatic heterocycles. The number of hydrogen-bond acceptors (Lipinski definition) is 2. The summed E-state index contributed by atoms with van der Waals surface area (Å²) in [5, 5.41) is 9.57. The van der Waals surface area contributed by atoms with Gasteiger partial charge in [-0.2, -0.15) is 0 Å². The minimum atomic E-state index is -0.843. The van der Waals surface area contributed by atoms with Crippen molar-refractivity contribution in [3.05, 3.63) is 70.3 Å². The van der Waals surface area contributed by atoms with Gasteiger partial charge in [-0.05, 0) is 52.6 Å². The molecule has 1 heterocycles. The van der Waals surface area contributed by atoms with Crippen molar-refractivity contribution in [3.63, 3.8) is 0 Å². The Hall–Kier alpha value is -2.82. The number of amides is 2. The van der Waals surface area contributed by atoms with Gasteiger partial charge in [0, 0.05) is 38.7 Å². The smallest absolute Gasteiger partial charge is 0.407 e. The summed E-state index contributed by atoms with van der Waals surface area (Å²) in [5.41, 5.74) is 5.53. The molecule has 0 saturated heterocycles. The highest BCUT2D eigenvalue weighted by Crippen LogP contribution is 2.39. The van der Waals surface area contributed by atoms with Crippen molar-refractivity contribution in [2.24, 2.45) is 5.41 Å². The van der Waals surface area contributed by atoms with Crippen LogP contribution in [0.3, 0.4) is 0 Å². The van der Waals surface area contributed by atoms with Gasteiger partial charge in [0.2, 0.25) is 0 Å². The lowest BCUT2D eigenvalue weighted by atomic mass is 9.74. The normalized spacial score (nSPS) is 16.6. The molecular weight excluding hydrogens is 376 g/mol. The number of benzene rings is 2. The maximum absolute atomic E-state index is 12.1. The Labute approximate surface area is 179 Å². The molecule has 0 aromatic heterocycles. The maximum Gasteiger partial charge on any atom is 0.407 e. The molecule has 1 aliphatic rings. The molecule has 2 aromatic rings. The Bertz CT molecular complexity index is 926. The van der Waals surface area contributed by atoms with Crippen molar-refractivity contribution >= 4 is 12.0 Å². The molecule has 30 heavy (non-hydrogen) atoms. The largest absolute Gasteiger partial charge is 0.465 e. The monoisotopic (exact) mass is 408 g/mol. The molecule has 1 unspecified atom stereocenters. The van der Waals surface area contributed by atoms with Crippen LogP contribution in [0.5, 0.6) is 0 Å². The van der Waals surface area contributed by atoms with Crippen LogP contribution in [0.15, 0.2) is 42.5 Å². The molecule has 0 radical (unpaired) electrons. The van der Waals surface area contributed by atoms with Crippen LogP contribution in [-0.4, -0.2) is 54.1 Å². The van der Waals surface area contributed by atoms with Gasteiger partial charge in [-0.3, -0.25) is 4.79 Å². The van der Waals surface area contributed by atoms with E-state index in [1.54, 1.807) is 23.9 Å². The van der Waals surface area contributed by atoms with E-state index in [-0.39, 0.29) is 17.2 Å². The molecule has 0 aliphatic carbocycles. The van der Waals surface area contributed by atoms with Crippen molar-refractivity contribution in [2.45, 2.75) is 39.5 Å². The fraction of sp³-hybridized carbons (Fsp3) is 0.440. The van der Waals surface area contributed by atoms with Crippen LogP contribution in [0.25, 0.3) is 0 Å². The molecule has 0 fully saturated rings. The van der Waals surface area contributed by atoms with Gasteiger partial charge in [-0.1, -0.05) is 51.1 Å². The lowest BCUT2D eigenvalue weighted by Crippen LogP contribution is -2.36. The van der Waals surface area contributed by atoms with Crippen LogP contribution >= 0.6 is 0 Å². The Morgan fingerprint density at radius 2 is 1.70 bits per heavy atom. The van der Waals surface area contributed by atoms with Crippen molar-refractivity contribution in [2.75, 3.05) is 27.2 Å². The first-order valence-corrected chi connectivity index (χ1v) is 10.5. The zero-order valence-corrected chi connectivity index (χ0v) is 18.6. The molecule has 1 N–H and O–H groups in total. The fourth-order valence-electron chi connectivity index (χ4n) is 4.16. The molecule has 2 aromatic carbocycles. The Kier molecular flexibility index (Phi) is 6.20. The number of carbonyl (C=O) groups excluding carboxylic acids is 1. The predicted molar refractivity (Wildman–Crippen MR) is 119 cm³/mol. The lowest BCUT2D eigenvalue weighted by Gasteiger charge is -2.33. The van der Waals surface area contributed by atoms with Gasteiger partial charge < -0.3 is 14.9 Å². The zero-order valence-electron chi connectivity index (χ0n) is 18.6. The minimum Gasteiger partial charge on any atom is -0.465 e. The van der Waals surface area contributed by atoms with Gasteiger partial charge in [0.25, 0.3) is 5.91 Å². The quantitative estimate of drug-likeness (QED) is 0.804. The summed E-state index contributed by atoms with van der Waals surface area (Å²) in [5.74, 6) is 0.166. The average molecular weight is 409 g/mol. The molecular formula is C25H32N2O3. The highest BCUT2D eigenvalue weighted by molar-refractivity contribution is 5.93. The molecule has 2 amide bonds. The van der Waals surface area contributed by atoms with E-state index in [1.807, 2.05) is 24.3 Å². The highest BCUT2D eigenvalue weighted by Gasteiger charge is 2.33. The van der Waals surface area contributed by atoms with Crippen LogP contribution in [0.4, 0.5) is 4.79 Å². The third-order valence-electron chi connectivity index (χ3n) is 5.97. The van der Waals surface area contributed by atoms with E-state index < -0.39 is 6.09 Å². The molecule has 0 bridgehead atoms. The van der Waals surface area contributed by atoms with E-state index in [1.165, 1.54) is 16.7 Å². The third-order valence-corrected chi connectivity index (χ3v) is 5.97. The summed E-state index contributed by atoms with van der Waals surface area (Å²) in [6.45, 7) is 7.60. The van der Waals surface area contributed by atoms with Crippen molar-refractivity contribution in [1.82, 2.24) is 9.80 Å². The van der Waals surface area contributed by atoms with Gasteiger partial charge in [0.1, 0.15) is 0 Å². The molecule has 5 nitrogen and oxygen atoms in total. The second kappa shape index (κ2) is 8.50. The van der Waals surface area contributed by atoms with Crippen LogP contribution < -0.4 is 0 Å². The molecule has 3 rings (SSSR count). The topological polar surface area (TPSA) is 60.9 Å². The Morgan fingerprint density at radius 3 is 2.27 bits per heavy atom. The van der Waals surface area contributed by atoms with Crippen molar-refractivity contribution in [3.8, 4) is 0 Å². The summed E-state index contributed by atoms with van der Waals surface area (Å²) >= 11 is 0. The van der Waals surface area contributed by atoms with E-state index in [0.29, 0.717) is 18.7 Å². The summed E-state index contributed by atoms with van der Waals surface area (Å²) in [6, 6.07) is 14.4. The Balaban J connectivity index is 1.85. The summed E-state index contributed by atoms with van der Waals surface area (Å²) in [4.78, 5) is 26.9. The lowest BCUT2D eigenvalue weighted by molar-refractivity contribution is 0.0827. The minimum absolute atomic E-state index is 0.00258. The summed E-state index contributed by atoms with van der Waals surface area (Å²) in [6.07, 6.45) is 0.676. The number of fused-ring (bicyclic) bond motifs is 1. The molecule has 1 atom stereocenters. The predicted octanol–water partition coefficient (Wildman–Crippen LogP) is 4.65. The zero-order chi connectivity index (χ0) is 22.1. The van der Waals surface area contributed by atoms with Crippen molar-refractivity contribution < 1.29 is 14.7 Å². The van der Waals surface area contributed by atoms with Crippen LogP contribution in [0, 0.1) is 5.41 Å². The third kappa shape index (κ3) is 4.84. The number of nitrogens with zero attached hydrogens (tertiary/aromatic N) is 2. The first-order valence-electron chi connectivity index (χ1n) is 10.5. The standard InChI is InChI=1S/C25H32N2O3/c1-25(2,3)22-16-27(24(29)30)13-12-20-15-18(8-11-21(20)22)14-17-6-9-19(10-7-17)23(28)26(4)5/h6-11,15,22H,12-14,16H2,1-5H3,(H,29,30). The number of hydrogen-bond donors (Lipinski definition) is 1. The first-order chi connectivity index (χ1) is 14.1. The van der Waals surface area contributed by atoms with Gasteiger partial charge in [-0.25, -0.2) is 4.79 Å². The van der Waals surface area contributed by atoms with Gasteiger partial charge >= 0.3 is 6.09 Å². The highest BCUT2D eigenvalue weighted by atomic mass is 16.4. The van der Waals surface area contributed by atoms with E-state index in [9.17, 15) is 14.7 Å². The van der Waals surface area contributed by atoms with Gasteiger partial charge in [0.05, 0.1) is 0 Å².